The summed E-state index contributed by atoms with van der Waals surface area (Å²) in [4.78, 5) is 25.4. The van der Waals surface area contributed by atoms with Crippen molar-refractivity contribution < 1.29 is 4.79 Å². The second kappa shape index (κ2) is 3.57. The van der Waals surface area contributed by atoms with Gasteiger partial charge < -0.3 is 10.3 Å². The van der Waals surface area contributed by atoms with E-state index >= 15 is 0 Å². The van der Waals surface area contributed by atoms with E-state index in [4.69, 9.17) is 0 Å². The molecule has 4 heteroatoms. The van der Waals surface area contributed by atoms with Gasteiger partial charge in [0.2, 0.25) is 0 Å². The first-order valence-corrected chi connectivity index (χ1v) is 4.56. The maximum atomic E-state index is 11.6. The van der Waals surface area contributed by atoms with E-state index in [1.165, 1.54) is 7.05 Å². The highest BCUT2D eigenvalue weighted by Gasteiger charge is 2.06. The summed E-state index contributed by atoms with van der Waals surface area (Å²) in [5, 5.41) is 3.82. The van der Waals surface area contributed by atoms with Crippen LogP contribution in [0.3, 0.4) is 0 Å². The highest BCUT2D eigenvalue weighted by atomic mass is 16.2. The van der Waals surface area contributed by atoms with Crippen molar-refractivity contribution in [3.05, 3.63) is 46.4 Å². The molecular formula is C11H10N2O2. The van der Waals surface area contributed by atoms with Gasteiger partial charge in [-0.15, -0.1) is 0 Å². The van der Waals surface area contributed by atoms with E-state index in [0.717, 1.165) is 5.39 Å². The molecule has 0 bridgehead atoms. The van der Waals surface area contributed by atoms with Crippen molar-refractivity contribution in [2.24, 2.45) is 0 Å². The molecule has 76 valence electrons. The molecule has 0 aliphatic heterocycles. The van der Waals surface area contributed by atoms with Crippen LogP contribution in [0.1, 0.15) is 10.5 Å². The van der Waals surface area contributed by atoms with Crippen LogP contribution in [-0.2, 0) is 0 Å². The van der Waals surface area contributed by atoms with Crippen LogP contribution in [0.5, 0.6) is 0 Å². The highest BCUT2D eigenvalue weighted by molar-refractivity contribution is 5.96. The first-order valence-electron chi connectivity index (χ1n) is 4.56. The lowest BCUT2D eigenvalue weighted by atomic mass is 10.1. The summed E-state index contributed by atoms with van der Waals surface area (Å²) >= 11 is 0. The Kier molecular flexibility index (Phi) is 2.25. The smallest absolute Gasteiger partial charge is 0.267 e. The minimum atomic E-state index is -0.294. The molecule has 0 saturated heterocycles. The maximum Gasteiger partial charge on any atom is 0.267 e. The number of carbonyl (C=O) groups excluding carboxylic acids is 1. The second-order valence-corrected chi connectivity index (χ2v) is 3.18. The minimum absolute atomic E-state index is 0.244. The van der Waals surface area contributed by atoms with Crippen LogP contribution in [0.25, 0.3) is 10.8 Å². The van der Waals surface area contributed by atoms with E-state index < -0.39 is 0 Å². The number of rotatable bonds is 1. The normalized spacial score (nSPS) is 10.2. The van der Waals surface area contributed by atoms with Crippen LogP contribution < -0.4 is 10.9 Å². The van der Waals surface area contributed by atoms with Crippen molar-refractivity contribution >= 4 is 16.7 Å². The van der Waals surface area contributed by atoms with E-state index in [1.54, 1.807) is 24.3 Å². The van der Waals surface area contributed by atoms with Gasteiger partial charge in [0.1, 0.15) is 5.69 Å². The zero-order valence-corrected chi connectivity index (χ0v) is 8.20. The average Bonchev–Trinajstić information content (AvgIpc) is 2.28. The van der Waals surface area contributed by atoms with Gasteiger partial charge in [-0.05, 0) is 17.5 Å². The van der Waals surface area contributed by atoms with Crippen molar-refractivity contribution in [2.45, 2.75) is 0 Å². The highest BCUT2D eigenvalue weighted by Crippen LogP contribution is 2.09. The first-order chi connectivity index (χ1) is 7.22. The summed E-state index contributed by atoms with van der Waals surface area (Å²) in [7, 11) is 1.52. The van der Waals surface area contributed by atoms with Gasteiger partial charge in [0, 0.05) is 12.4 Å². The number of nitrogens with one attached hydrogen (secondary N) is 2. The first kappa shape index (κ1) is 9.45. The van der Waals surface area contributed by atoms with Gasteiger partial charge in [-0.25, -0.2) is 0 Å². The Hall–Kier alpha value is -2.10. The fraction of sp³-hybridized carbons (Fsp3) is 0.0909. The Morgan fingerprint density at radius 1 is 1.33 bits per heavy atom. The third-order valence-electron chi connectivity index (χ3n) is 2.23. The molecule has 2 aromatic rings. The number of H-pyrrole nitrogens is 1. The van der Waals surface area contributed by atoms with Gasteiger partial charge in [0.25, 0.3) is 11.5 Å². The number of pyridine rings is 1. The second-order valence-electron chi connectivity index (χ2n) is 3.18. The fourth-order valence-electron chi connectivity index (χ4n) is 1.47. The topological polar surface area (TPSA) is 62.0 Å². The zero-order valence-electron chi connectivity index (χ0n) is 8.20. The van der Waals surface area contributed by atoms with Gasteiger partial charge in [-0.3, -0.25) is 9.59 Å². The summed E-state index contributed by atoms with van der Waals surface area (Å²) < 4.78 is 0. The molecule has 0 saturated carbocycles. The molecule has 2 N–H and O–H groups in total. The maximum absolute atomic E-state index is 11.6. The van der Waals surface area contributed by atoms with E-state index in [1.807, 2.05) is 6.07 Å². The fourth-order valence-corrected chi connectivity index (χ4v) is 1.47. The molecule has 1 aromatic carbocycles. The molecule has 0 spiro atoms. The van der Waals surface area contributed by atoms with Gasteiger partial charge in [0.05, 0.1) is 0 Å². The minimum Gasteiger partial charge on any atom is -0.354 e. The lowest BCUT2D eigenvalue weighted by molar-refractivity contribution is 0.0958. The van der Waals surface area contributed by atoms with Gasteiger partial charge in [-0.1, -0.05) is 18.2 Å². The molecule has 0 atom stereocenters. The predicted molar refractivity (Wildman–Crippen MR) is 58.0 cm³/mol. The number of hydrogen-bond acceptors (Lipinski definition) is 2. The van der Waals surface area contributed by atoms with Crippen molar-refractivity contribution in [1.29, 1.82) is 0 Å². The lowest BCUT2D eigenvalue weighted by Crippen LogP contribution is -2.22. The van der Waals surface area contributed by atoms with Crippen LogP contribution in [-0.4, -0.2) is 17.9 Å². The summed E-state index contributed by atoms with van der Waals surface area (Å²) in [5.41, 5.74) is 0.0351. The van der Waals surface area contributed by atoms with E-state index in [0.29, 0.717) is 5.39 Å². The molecule has 1 amide bonds. The number of benzene rings is 1. The third-order valence-corrected chi connectivity index (χ3v) is 2.23. The van der Waals surface area contributed by atoms with Crippen LogP contribution in [0.2, 0.25) is 0 Å². The third kappa shape index (κ3) is 1.61. The van der Waals surface area contributed by atoms with Crippen molar-refractivity contribution in [1.82, 2.24) is 10.3 Å². The Bertz CT molecular complexity index is 572. The lowest BCUT2D eigenvalue weighted by Gasteiger charge is -2.01. The largest absolute Gasteiger partial charge is 0.354 e. The van der Waals surface area contributed by atoms with E-state index in [-0.39, 0.29) is 17.2 Å². The van der Waals surface area contributed by atoms with Crippen LogP contribution in [0.15, 0.2) is 35.1 Å². The molecule has 1 aromatic heterocycles. The molecule has 2 rings (SSSR count). The Balaban J connectivity index is 2.73. The molecule has 15 heavy (non-hydrogen) atoms. The average molecular weight is 202 g/mol. The summed E-state index contributed by atoms with van der Waals surface area (Å²) in [6, 6.07) is 8.81. The summed E-state index contributed by atoms with van der Waals surface area (Å²) in [6.07, 6.45) is 0. The SMILES string of the molecule is CNC(=O)c1cc2ccccc2c(=O)[nH]1. The van der Waals surface area contributed by atoms with Crippen molar-refractivity contribution in [3.8, 4) is 0 Å². The predicted octanol–water partition coefficient (Wildman–Crippen LogP) is 0.888. The van der Waals surface area contributed by atoms with Gasteiger partial charge in [0.15, 0.2) is 0 Å². The Morgan fingerprint density at radius 2 is 2.07 bits per heavy atom. The monoisotopic (exact) mass is 202 g/mol. The summed E-state index contributed by atoms with van der Waals surface area (Å²) in [6.45, 7) is 0. The zero-order chi connectivity index (χ0) is 10.8. The quantitative estimate of drug-likeness (QED) is 0.721. The summed E-state index contributed by atoms with van der Waals surface area (Å²) in [5.74, 6) is -0.294. The molecule has 0 radical (unpaired) electrons. The van der Waals surface area contributed by atoms with Gasteiger partial charge in [-0.2, -0.15) is 0 Å². The van der Waals surface area contributed by atoms with E-state index in [2.05, 4.69) is 10.3 Å². The number of aromatic amines is 1. The van der Waals surface area contributed by atoms with Crippen LogP contribution >= 0.6 is 0 Å². The number of hydrogen-bond donors (Lipinski definition) is 2. The van der Waals surface area contributed by atoms with E-state index in [9.17, 15) is 9.59 Å². The molecule has 4 nitrogen and oxygen atoms in total. The van der Waals surface area contributed by atoms with Crippen LogP contribution in [0, 0.1) is 0 Å². The van der Waals surface area contributed by atoms with Crippen LogP contribution in [0.4, 0.5) is 0 Å². The molecule has 0 aliphatic rings. The van der Waals surface area contributed by atoms with Crippen molar-refractivity contribution in [3.63, 3.8) is 0 Å². The Morgan fingerprint density at radius 3 is 2.80 bits per heavy atom. The molecule has 0 aliphatic carbocycles. The van der Waals surface area contributed by atoms with Crippen molar-refractivity contribution in [2.75, 3.05) is 7.05 Å². The molecule has 0 fully saturated rings. The molecular weight excluding hydrogens is 192 g/mol. The van der Waals surface area contributed by atoms with Gasteiger partial charge >= 0.3 is 0 Å². The Labute approximate surface area is 85.9 Å². The standard InChI is InChI=1S/C11H10N2O2/c1-12-11(15)9-6-7-4-2-3-5-8(7)10(14)13-9/h2-6H,1H3,(H,12,15)(H,13,14). The number of carbonyl (C=O) groups is 1. The number of fused-ring (bicyclic) bond motifs is 1. The molecule has 1 heterocycles. The number of aromatic nitrogens is 1. The molecule has 0 unspecified atom stereocenters. The number of amides is 1.